The van der Waals surface area contributed by atoms with E-state index < -0.39 is 0 Å². The van der Waals surface area contributed by atoms with Crippen LogP contribution >= 0.6 is 0 Å². The molecule has 134 valence electrons. The summed E-state index contributed by atoms with van der Waals surface area (Å²) < 4.78 is 21.1. The van der Waals surface area contributed by atoms with Crippen LogP contribution in [0.1, 0.15) is 30.9 Å². The van der Waals surface area contributed by atoms with Gasteiger partial charge < -0.3 is 15.0 Å². The number of nitrogens with zero attached hydrogens (tertiary/aromatic N) is 5. The highest BCUT2D eigenvalue weighted by Gasteiger charge is 2.13. The second-order valence-electron chi connectivity index (χ2n) is 5.90. The number of anilines is 1. The van der Waals surface area contributed by atoms with Crippen molar-refractivity contribution < 1.29 is 9.13 Å². The van der Waals surface area contributed by atoms with Crippen molar-refractivity contribution in [2.45, 2.75) is 32.7 Å². The number of fused-ring (bicyclic) bond motifs is 1. The van der Waals surface area contributed by atoms with Crippen molar-refractivity contribution in [3.8, 4) is 12.1 Å². The van der Waals surface area contributed by atoms with Gasteiger partial charge in [-0.05, 0) is 18.1 Å². The van der Waals surface area contributed by atoms with Gasteiger partial charge >= 0.3 is 6.01 Å². The maximum atomic E-state index is 13.7. The molecule has 8 heteroatoms. The van der Waals surface area contributed by atoms with Crippen LogP contribution in [-0.2, 0) is 13.0 Å². The summed E-state index contributed by atoms with van der Waals surface area (Å²) in [6.07, 6.45) is 3.54. The molecule has 0 amide bonds. The first kappa shape index (κ1) is 17.6. The van der Waals surface area contributed by atoms with E-state index in [1.807, 2.05) is 6.07 Å². The van der Waals surface area contributed by atoms with Crippen LogP contribution in [-0.4, -0.2) is 26.1 Å². The number of hydrogen-bond acceptors (Lipinski definition) is 6. The average Bonchev–Trinajstić information content (AvgIpc) is 3.02. The lowest BCUT2D eigenvalue weighted by Crippen LogP contribution is -2.06. The SMILES string of the molecule is CCCCOc1nc(N)c2ncn(Cc3ccc(F)c(CC#N)c3)c2n1. The van der Waals surface area contributed by atoms with Crippen LogP contribution in [0.5, 0.6) is 6.01 Å². The van der Waals surface area contributed by atoms with E-state index in [4.69, 9.17) is 15.7 Å². The molecule has 0 saturated heterocycles. The van der Waals surface area contributed by atoms with Gasteiger partial charge in [-0.15, -0.1) is 0 Å². The zero-order chi connectivity index (χ0) is 18.5. The van der Waals surface area contributed by atoms with Crippen molar-refractivity contribution in [2.24, 2.45) is 0 Å². The number of ether oxygens (including phenoxy) is 1. The van der Waals surface area contributed by atoms with Crippen LogP contribution in [0.2, 0.25) is 0 Å². The molecule has 0 saturated carbocycles. The summed E-state index contributed by atoms with van der Waals surface area (Å²) in [7, 11) is 0. The third kappa shape index (κ3) is 3.72. The largest absolute Gasteiger partial charge is 0.463 e. The topological polar surface area (TPSA) is 103 Å². The van der Waals surface area contributed by atoms with E-state index in [1.165, 1.54) is 6.07 Å². The Morgan fingerprint density at radius 2 is 2.19 bits per heavy atom. The smallest absolute Gasteiger partial charge is 0.320 e. The molecular formula is C18H19FN6O. The van der Waals surface area contributed by atoms with Crippen molar-refractivity contribution in [2.75, 3.05) is 12.3 Å². The van der Waals surface area contributed by atoms with Crippen LogP contribution in [0.25, 0.3) is 11.2 Å². The van der Waals surface area contributed by atoms with E-state index in [0.29, 0.717) is 29.9 Å². The summed E-state index contributed by atoms with van der Waals surface area (Å²) in [5.74, 6) is -0.131. The zero-order valence-electron chi connectivity index (χ0n) is 14.4. The van der Waals surface area contributed by atoms with E-state index in [1.54, 1.807) is 23.0 Å². The van der Waals surface area contributed by atoms with Crippen LogP contribution < -0.4 is 10.5 Å². The summed E-state index contributed by atoms with van der Waals surface area (Å²) >= 11 is 0. The molecule has 1 aromatic carbocycles. The maximum absolute atomic E-state index is 13.7. The van der Waals surface area contributed by atoms with Gasteiger partial charge in [0.2, 0.25) is 0 Å². The Hall–Kier alpha value is -3.21. The minimum atomic E-state index is -0.385. The van der Waals surface area contributed by atoms with Crippen LogP contribution in [0.15, 0.2) is 24.5 Å². The Labute approximate surface area is 150 Å². The molecule has 2 aromatic heterocycles. The number of benzene rings is 1. The predicted molar refractivity (Wildman–Crippen MR) is 95.0 cm³/mol. The lowest BCUT2D eigenvalue weighted by Gasteiger charge is -2.08. The van der Waals surface area contributed by atoms with Gasteiger partial charge in [-0.2, -0.15) is 15.2 Å². The molecule has 0 spiro atoms. The first-order chi connectivity index (χ1) is 12.6. The van der Waals surface area contributed by atoms with Gasteiger partial charge in [0, 0.05) is 5.56 Å². The number of imidazole rings is 1. The van der Waals surface area contributed by atoms with Crippen molar-refractivity contribution in [3.05, 3.63) is 41.5 Å². The van der Waals surface area contributed by atoms with E-state index >= 15 is 0 Å². The fourth-order valence-electron chi connectivity index (χ4n) is 2.58. The molecule has 0 aliphatic heterocycles. The molecular weight excluding hydrogens is 335 g/mol. The predicted octanol–water partition coefficient (Wildman–Crippen LogP) is 2.84. The van der Waals surface area contributed by atoms with Crippen LogP contribution in [0, 0.1) is 17.1 Å². The summed E-state index contributed by atoms with van der Waals surface area (Å²) in [4.78, 5) is 12.8. The average molecular weight is 354 g/mol. The van der Waals surface area contributed by atoms with E-state index in [9.17, 15) is 4.39 Å². The number of aromatic nitrogens is 4. The molecule has 0 aliphatic rings. The third-order valence-electron chi connectivity index (χ3n) is 3.93. The second-order valence-corrected chi connectivity index (χ2v) is 5.90. The van der Waals surface area contributed by atoms with E-state index in [0.717, 1.165) is 18.4 Å². The number of hydrogen-bond donors (Lipinski definition) is 1. The summed E-state index contributed by atoms with van der Waals surface area (Å²) in [6.45, 7) is 3.01. The second kappa shape index (κ2) is 7.78. The Balaban J connectivity index is 1.90. The van der Waals surface area contributed by atoms with Gasteiger partial charge in [0.1, 0.15) is 5.82 Å². The van der Waals surface area contributed by atoms with Gasteiger partial charge in [-0.3, -0.25) is 0 Å². The van der Waals surface area contributed by atoms with E-state index in [-0.39, 0.29) is 24.1 Å². The standard InChI is InChI=1S/C18H19FN6O/c1-2-3-8-26-18-23-16(21)15-17(24-18)25(11-22-15)10-12-4-5-14(19)13(9-12)6-7-20/h4-5,9,11H,2-3,6,8,10H2,1H3,(H2,21,23,24). The van der Waals surface area contributed by atoms with Gasteiger partial charge in [0.05, 0.1) is 32.0 Å². The molecule has 2 heterocycles. The molecule has 7 nitrogen and oxygen atoms in total. The summed E-state index contributed by atoms with van der Waals surface area (Å²) in [6, 6.07) is 6.89. The minimum absolute atomic E-state index is 0.0227. The van der Waals surface area contributed by atoms with E-state index in [2.05, 4.69) is 21.9 Å². The molecule has 3 aromatic rings. The normalized spacial score (nSPS) is 10.8. The fourth-order valence-corrected chi connectivity index (χ4v) is 2.58. The molecule has 26 heavy (non-hydrogen) atoms. The number of nitrogens with two attached hydrogens (primary N) is 1. The Morgan fingerprint density at radius 3 is 2.96 bits per heavy atom. The fraction of sp³-hybridized carbons (Fsp3) is 0.333. The highest BCUT2D eigenvalue weighted by molar-refractivity contribution is 5.81. The molecule has 0 atom stereocenters. The molecule has 0 radical (unpaired) electrons. The van der Waals surface area contributed by atoms with Gasteiger partial charge in [-0.25, -0.2) is 9.37 Å². The van der Waals surface area contributed by atoms with Gasteiger partial charge in [-0.1, -0.05) is 25.5 Å². The molecule has 0 unspecified atom stereocenters. The third-order valence-corrected chi connectivity index (χ3v) is 3.93. The summed E-state index contributed by atoms with van der Waals surface area (Å²) in [5, 5.41) is 8.81. The number of nitrogen functional groups attached to an aromatic ring is 1. The first-order valence-electron chi connectivity index (χ1n) is 8.37. The number of rotatable bonds is 7. The van der Waals surface area contributed by atoms with Gasteiger partial charge in [0.15, 0.2) is 17.0 Å². The van der Waals surface area contributed by atoms with Crippen LogP contribution in [0.4, 0.5) is 10.2 Å². The maximum Gasteiger partial charge on any atom is 0.320 e. The lowest BCUT2D eigenvalue weighted by molar-refractivity contribution is 0.286. The first-order valence-corrected chi connectivity index (χ1v) is 8.37. The Bertz CT molecular complexity index is 962. The van der Waals surface area contributed by atoms with Crippen molar-refractivity contribution in [1.29, 1.82) is 5.26 Å². The Morgan fingerprint density at radius 1 is 1.35 bits per heavy atom. The number of unbranched alkanes of at least 4 members (excludes halogenated alkanes) is 1. The quantitative estimate of drug-likeness (QED) is 0.655. The Kier molecular flexibility index (Phi) is 5.27. The molecule has 0 aliphatic carbocycles. The lowest BCUT2D eigenvalue weighted by atomic mass is 10.1. The molecule has 2 N–H and O–H groups in total. The molecule has 0 bridgehead atoms. The van der Waals surface area contributed by atoms with Crippen molar-refractivity contribution in [1.82, 2.24) is 19.5 Å². The number of nitriles is 1. The minimum Gasteiger partial charge on any atom is -0.463 e. The molecule has 0 fully saturated rings. The van der Waals surface area contributed by atoms with Crippen molar-refractivity contribution >= 4 is 17.0 Å². The highest BCUT2D eigenvalue weighted by atomic mass is 19.1. The van der Waals surface area contributed by atoms with Crippen LogP contribution in [0.3, 0.4) is 0 Å². The van der Waals surface area contributed by atoms with Gasteiger partial charge in [0.25, 0.3) is 0 Å². The number of halogens is 1. The summed E-state index contributed by atoms with van der Waals surface area (Å²) in [5.41, 5.74) is 8.21. The highest BCUT2D eigenvalue weighted by Crippen LogP contribution is 2.21. The molecule has 3 rings (SSSR count). The monoisotopic (exact) mass is 354 g/mol. The zero-order valence-corrected chi connectivity index (χ0v) is 14.4. The van der Waals surface area contributed by atoms with Crippen molar-refractivity contribution in [3.63, 3.8) is 0 Å².